The zero-order chi connectivity index (χ0) is 13.9. The van der Waals surface area contributed by atoms with Crippen LogP contribution in [-0.2, 0) is 11.3 Å². The fourth-order valence-corrected chi connectivity index (χ4v) is 1.09. The maximum Gasteiger partial charge on any atom is 0.490 e. The first-order valence-corrected chi connectivity index (χ1v) is 4.95. The maximum atomic E-state index is 13.4. The molecular weight excluding hydrogens is 252 g/mol. The van der Waals surface area contributed by atoms with Crippen LogP contribution in [0.25, 0.3) is 0 Å². The lowest BCUT2D eigenvalue weighted by Gasteiger charge is -2.16. The number of aromatic nitrogens is 3. The highest BCUT2D eigenvalue weighted by Crippen LogP contribution is 2.17. The summed E-state index contributed by atoms with van der Waals surface area (Å²) in [5.74, 6) is -5.98. The number of carbonyl (C=O) groups excluding carboxylic acids is 1. The number of nitrogens with one attached hydrogen (secondary N) is 1. The molecule has 1 aromatic rings. The van der Waals surface area contributed by atoms with Crippen molar-refractivity contribution in [2.45, 2.75) is 32.4 Å². The second-order valence-corrected chi connectivity index (χ2v) is 3.83. The van der Waals surface area contributed by atoms with Crippen LogP contribution in [0, 0.1) is 10.1 Å². The van der Waals surface area contributed by atoms with Crippen LogP contribution in [0.3, 0.4) is 0 Å². The normalized spacial score (nSPS) is 11.6. The number of nitrogens with zero attached hydrogens (tertiary/aromatic N) is 4. The molecule has 0 radical (unpaired) electrons. The summed E-state index contributed by atoms with van der Waals surface area (Å²) < 4.78 is 27.4. The summed E-state index contributed by atoms with van der Waals surface area (Å²) in [5.41, 5.74) is 0. The minimum absolute atomic E-state index is 0.437. The van der Waals surface area contributed by atoms with E-state index in [1.807, 2.05) is 5.32 Å². The number of hydrogen-bond donors (Lipinski definition) is 1. The van der Waals surface area contributed by atoms with Crippen LogP contribution in [0.1, 0.15) is 13.8 Å². The van der Waals surface area contributed by atoms with Gasteiger partial charge in [0.2, 0.25) is 6.33 Å². The van der Waals surface area contributed by atoms with Gasteiger partial charge in [0.05, 0.1) is 0 Å². The lowest BCUT2D eigenvalue weighted by molar-refractivity contribution is -0.394. The molecule has 0 saturated heterocycles. The van der Waals surface area contributed by atoms with Crippen LogP contribution in [0.2, 0.25) is 0 Å². The highest BCUT2D eigenvalue weighted by Gasteiger charge is 2.41. The largest absolute Gasteiger partial charge is 0.490 e. The van der Waals surface area contributed by atoms with Gasteiger partial charge in [-0.3, -0.25) is 4.79 Å². The molecule has 0 atom stereocenters. The number of nitro groups is 1. The van der Waals surface area contributed by atoms with Crippen molar-refractivity contribution in [1.29, 1.82) is 0 Å². The molecule has 18 heavy (non-hydrogen) atoms. The van der Waals surface area contributed by atoms with Crippen LogP contribution >= 0.6 is 0 Å². The van der Waals surface area contributed by atoms with Gasteiger partial charge in [-0.25, -0.2) is 0 Å². The summed E-state index contributed by atoms with van der Waals surface area (Å²) in [6.07, 6.45) is 0.773. The van der Waals surface area contributed by atoms with Crippen molar-refractivity contribution in [2.75, 3.05) is 0 Å². The third kappa shape index (κ3) is 3.43. The van der Waals surface area contributed by atoms with E-state index >= 15 is 0 Å². The van der Waals surface area contributed by atoms with Gasteiger partial charge >= 0.3 is 11.9 Å². The fourth-order valence-electron chi connectivity index (χ4n) is 1.09. The van der Waals surface area contributed by atoms with E-state index in [-0.39, 0.29) is 0 Å². The number of alkyl halides is 2. The van der Waals surface area contributed by atoms with E-state index < -0.39 is 35.3 Å². The first-order chi connectivity index (χ1) is 8.22. The Kier molecular flexibility index (Phi) is 3.89. The molecule has 0 fully saturated rings. The van der Waals surface area contributed by atoms with E-state index in [9.17, 15) is 23.7 Å². The Bertz CT molecular complexity index is 459. The van der Waals surface area contributed by atoms with Crippen molar-refractivity contribution < 1.29 is 18.5 Å². The second kappa shape index (κ2) is 5.02. The van der Waals surface area contributed by atoms with Gasteiger partial charge in [-0.1, -0.05) is 4.98 Å². The maximum absolute atomic E-state index is 13.4. The van der Waals surface area contributed by atoms with E-state index in [4.69, 9.17) is 0 Å². The molecule has 8 nitrogen and oxygen atoms in total. The van der Waals surface area contributed by atoms with Gasteiger partial charge in [0, 0.05) is 11.1 Å². The number of halogens is 2. The van der Waals surface area contributed by atoms with Gasteiger partial charge in [-0.2, -0.15) is 13.5 Å². The molecule has 0 aromatic carbocycles. The summed E-state index contributed by atoms with van der Waals surface area (Å²) in [6.45, 7) is 1.97. The van der Waals surface area contributed by atoms with Gasteiger partial charge in [0.15, 0.2) is 0 Å². The molecule has 1 rings (SSSR count). The average molecular weight is 263 g/mol. The van der Waals surface area contributed by atoms with Crippen LogP contribution in [0.15, 0.2) is 6.33 Å². The van der Waals surface area contributed by atoms with Crippen molar-refractivity contribution in [3.63, 3.8) is 0 Å². The second-order valence-electron chi connectivity index (χ2n) is 3.83. The molecule has 0 aliphatic rings. The van der Waals surface area contributed by atoms with Gasteiger partial charge in [-0.05, 0) is 18.8 Å². The van der Waals surface area contributed by atoms with Gasteiger partial charge in [-0.15, -0.1) is 0 Å². The third-order valence-corrected chi connectivity index (χ3v) is 1.80. The quantitative estimate of drug-likeness (QED) is 0.609. The third-order valence-electron chi connectivity index (χ3n) is 1.80. The predicted octanol–water partition coefficient (Wildman–Crippen LogP) is 0.346. The highest BCUT2D eigenvalue weighted by atomic mass is 19.3. The zero-order valence-electron chi connectivity index (χ0n) is 9.63. The fraction of sp³-hybridized carbons (Fsp3) is 0.625. The number of rotatable bonds is 5. The molecule has 0 aliphatic carbocycles. The van der Waals surface area contributed by atoms with Crippen LogP contribution in [0.4, 0.5) is 14.7 Å². The minimum atomic E-state index is -3.72. The Morgan fingerprint density at radius 2 is 2.28 bits per heavy atom. The molecular formula is C8H11F2N5O3. The van der Waals surface area contributed by atoms with Gasteiger partial charge in [0.25, 0.3) is 5.91 Å². The van der Waals surface area contributed by atoms with Crippen molar-refractivity contribution in [3.8, 4) is 0 Å². The smallest absolute Gasteiger partial charge is 0.390 e. The molecule has 100 valence electrons. The number of hydrogen-bond acceptors (Lipinski definition) is 5. The molecule has 1 N–H and O–H groups in total. The Morgan fingerprint density at radius 3 is 2.72 bits per heavy atom. The molecule has 0 spiro atoms. The predicted molar refractivity (Wildman–Crippen MR) is 54.9 cm³/mol. The van der Waals surface area contributed by atoms with E-state index in [0.29, 0.717) is 4.68 Å². The van der Waals surface area contributed by atoms with Crippen LogP contribution in [-0.4, -0.2) is 37.6 Å². The molecule has 0 bridgehead atoms. The van der Waals surface area contributed by atoms with Crippen molar-refractivity contribution in [2.24, 2.45) is 0 Å². The highest BCUT2D eigenvalue weighted by molar-refractivity contribution is 5.83. The Hall–Kier alpha value is -2.13. The summed E-state index contributed by atoms with van der Waals surface area (Å²) in [6, 6.07) is -0.437. The average Bonchev–Trinajstić information content (AvgIpc) is 2.64. The molecule has 1 heterocycles. The molecule has 1 aromatic heterocycles. The lowest BCUT2D eigenvalue weighted by atomic mass is 10.3. The van der Waals surface area contributed by atoms with Crippen LogP contribution in [0.5, 0.6) is 0 Å². The molecule has 0 unspecified atom stereocenters. The Labute approximate surface area is 100 Å². The van der Waals surface area contributed by atoms with Gasteiger partial charge < -0.3 is 15.4 Å². The molecule has 0 saturated carbocycles. The van der Waals surface area contributed by atoms with Crippen LogP contribution < -0.4 is 5.32 Å². The summed E-state index contributed by atoms with van der Waals surface area (Å²) >= 11 is 0. The van der Waals surface area contributed by atoms with E-state index in [0.717, 1.165) is 6.33 Å². The Balaban J connectivity index is 2.75. The van der Waals surface area contributed by atoms with Crippen molar-refractivity contribution in [3.05, 3.63) is 16.4 Å². The first-order valence-electron chi connectivity index (χ1n) is 4.95. The summed E-state index contributed by atoms with van der Waals surface area (Å²) in [7, 11) is 0. The Morgan fingerprint density at radius 1 is 1.67 bits per heavy atom. The topological polar surface area (TPSA) is 103 Å². The molecule has 0 aliphatic heterocycles. The standard InChI is InChI=1S/C8H11F2N5O3/c1-5(2)12-6(16)8(9,10)3-14-4-11-7(13-14)15(17)18/h4-5H,3H2,1-2H3,(H,12,16). The monoisotopic (exact) mass is 263 g/mol. The number of amides is 1. The summed E-state index contributed by atoms with van der Waals surface area (Å²) in [4.78, 5) is 23.7. The zero-order valence-corrected chi connectivity index (χ0v) is 9.63. The number of carbonyl (C=O) groups is 1. The van der Waals surface area contributed by atoms with E-state index in [2.05, 4.69) is 10.1 Å². The van der Waals surface area contributed by atoms with Gasteiger partial charge in [0.1, 0.15) is 6.54 Å². The minimum Gasteiger partial charge on any atom is -0.390 e. The van der Waals surface area contributed by atoms with Crippen molar-refractivity contribution in [1.82, 2.24) is 20.1 Å². The van der Waals surface area contributed by atoms with E-state index in [1.54, 1.807) is 0 Å². The SMILES string of the molecule is CC(C)NC(=O)C(F)(F)Cn1cnc([N+](=O)[O-])n1. The summed E-state index contributed by atoms with van der Waals surface area (Å²) in [5, 5.41) is 15.5. The molecule has 10 heteroatoms. The first kappa shape index (κ1) is 13.9. The van der Waals surface area contributed by atoms with E-state index in [1.165, 1.54) is 13.8 Å². The van der Waals surface area contributed by atoms with Crippen molar-refractivity contribution >= 4 is 11.9 Å². The lowest BCUT2D eigenvalue weighted by Crippen LogP contribution is -2.45. The molecule has 1 amide bonds.